The molecular formula is C20H23NO3S2. The molecule has 26 heavy (non-hydrogen) atoms. The van der Waals surface area contributed by atoms with E-state index in [4.69, 9.17) is 22.7 Å². The van der Waals surface area contributed by atoms with Gasteiger partial charge in [0.2, 0.25) is 0 Å². The fourth-order valence-electron chi connectivity index (χ4n) is 3.68. The molecule has 1 fully saturated rings. The number of hydrogen-bond acceptors (Lipinski definition) is 4. The predicted octanol–water partition coefficient (Wildman–Crippen LogP) is 3.24. The summed E-state index contributed by atoms with van der Waals surface area (Å²) in [5.41, 5.74) is 7.12. The largest absolute Gasteiger partial charge is 0.393 e. The second-order valence-corrected chi connectivity index (χ2v) is 9.22. The monoisotopic (exact) mass is 389 g/mol. The molecule has 138 valence electrons. The molecule has 0 aliphatic heterocycles. The van der Waals surface area contributed by atoms with Gasteiger partial charge in [0, 0.05) is 12.5 Å². The van der Waals surface area contributed by atoms with Gasteiger partial charge in [-0.05, 0) is 31.5 Å². The normalized spacial score (nSPS) is 25.0. The van der Waals surface area contributed by atoms with Gasteiger partial charge in [-0.1, -0.05) is 60.2 Å². The molecule has 1 saturated carbocycles. The van der Waals surface area contributed by atoms with E-state index in [0.717, 1.165) is 11.1 Å². The van der Waals surface area contributed by atoms with Gasteiger partial charge >= 0.3 is 0 Å². The van der Waals surface area contributed by atoms with E-state index in [2.05, 4.69) is 0 Å². The van der Waals surface area contributed by atoms with E-state index < -0.39 is 20.5 Å². The van der Waals surface area contributed by atoms with Crippen LogP contribution in [-0.4, -0.2) is 31.9 Å². The zero-order valence-electron chi connectivity index (χ0n) is 14.9. The summed E-state index contributed by atoms with van der Waals surface area (Å²) in [6.45, 7) is 4.47. The number of ether oxygens (including phenoxy) is 1. The van der Waals surface area contributed by atoms with Crippen molar-refractivity contribution in [3.05, 3.63) is 65.7 Å². The molecule has 2 aromatic carbocycles. The summed E-state index contributed by atoms with van der Waals surface area (Å²) in [7, 11) is -3.61. The minimum absolute atomic E-state index is 0.195. The highest BCUT2D eigenvalue weighted by atomic mass is 32.2. The van der Waals surface area contributed by atoms with Crippen molar-refractivity contribution in [3.63, 3.8) is 0 Å². The molecule has 0 radical (unpaired) electrons. The number of thiocarbonyl (C=S) groups is 1. The first kappa shape index (κ1) is 19.0. The zero-order valence-corrected chi connectivity index (χ0v) is 16.5. The Morgan fingerprint density at radius 3 is 2.31 bits per heavy atom. The summed E-state index contributed by atoms with van der Waals surface area (Å²) >= 11 is 5.33. The van der Waals surface area contributed by atoms with Crippen LogP contribution in [0, 0.1) is 12.3 Å². The van der Waals surface area contributed by atoms with E-state index >= 15 is 0 Å². The van der Waals surface area contributed by atoms with Crippen LogP contribution in [0.4, 0.5) is 0 Å². The minimum Gasteiger partial charge on any atom is -0.393 e. The standard InChI is InChI=1S/C20H23NO3S2/c1-3-24-13-20(19(21)25)17(15-7-5-4-6-8-15)18(20)26(22,23)16-11-9-14(2)10-12-16/h4-12,17-18H,3,13H2,1-2H3,(H2,21,25)/t17-,18-,20+/m0/s1. The lowest BCUT2D eigenvalue weighted by molar-refractivity contribution is 0.121. The molecule has 0 amide bonds. The van der Waals surface area contributed by atoms with Gasteiger partial charge in [-0.25, -0.2) is 8.42 Å². The first-order chi connectivity index (χ1) is 12.4. The van der Waals surface area contributed by atoms with Crippen molar-refractivity contribution in [1.82, 2.24) is 0 Å². The van der Waals surface area contributed by atoms with Crippen LogP contribution in [0.3, 0.4) is 0 Å². The van der Waals surface area contributed by atoms with E-state index in [0.29, 0.717) is 11.5 Å². The van der Waals surface area contributed by atoms with Crippen LogP contribution in [0.15, 0.2) is 59.5 Å². The number of sulfone groups is 1. The van der Waals surface area contributed by atoms with Crippen molar-refractivity contribution in [2.45, 2.75) is 29.9 Å². The van der Waals surface area contributed by atoms with Gasteiger partial charge in [0.05, 0.1) is 27.2 Å². The Bertz CT molecular complexity index is 894. The maximum atomic E-state index is 13.4. The van der Waals surface area contributed by atoms with Crippen molar-refractivity contribution in [3.8, 4) is 0 Å². The number of rotatable bonds is 7. The Balaban J connectivity index is 2.09. The minimum atomic E-state index is -3.61. The van der Waals surface area contributed by atoms with Crippen LogP contribution in [0.1, 0.15) is 24.0 Å². The van der Waals surface area contributed by atoms with Crippen LogP contribution in [0.25, 0.3) is 0 Å². The highest BCUT2D eigenvalue weighted by Crippen LogP contribution is 2.64. The summed E-state index contributed by atoms with van der Waals surface area (Å²) in [6.07, 6.45) is 0. The Morgan fingerprint density at radius 2 is 1.77 bits per heavy atom. The molecule has 0 heterocycles. The lowest BCUT2D eigenvalue weighted by atomic mass is 10.00. The molecule has 4 nitrogen and oxygen atoms in total. The Kier molecular flexibility index (Phi) is 5.19. The van der Waals surface area contributed by atoms with Crippen molar-refractivity contribution < 1.29 is 13.2 Å². The molecule has 1 aliphatic carbocycles. The molecule has 1 aliphatic rings. The molecule has 3 rings (SSSR count). The third kappa shape index (κ3) is 3.06. The molecular weight excluding hydrogens is 366 g/mol. The van der Waals surface area contributed by atoms with Crippen molar-refractivity contribution in [2.24, 2.45) is 11.1 Å². The first-order valence-electron chi connectivity index (χ1n) is 8.59. The second kappa shape index (κ2) is 7.10. The fraction of sp³-hybridized carbons (Fsp3) is 0.350. The Hall–Kier alpha value is -1.76. The molecule has 6 heteroatoms. The number of aryl methyl sites for hydroxylation is 1. The highest BCUT2D eigenvalue weighted by Gasteiger charge is 2.73. The third-order valence-corrected chi connectivity index (χ3v) is 7.77. The van der Waals surface area contributed by atoms with Crippen LogP contribution < -0.4 is 5.73 Å². The molecule has 2 N–H and O–H groups in total. The van der Waals surface area contributed by atoms with Crippen molar-refractivity contribution in [1.29, 1.82) is 0 Å². The van der Waals surface area contributed by atoms with Crippen molar-refractivity contribution in [2.75, 3.05) is 13.2 Å². The van der Waals surface area contributed by atoms with E-state index in [-0.39, 0.29) is 17.5 Å². The summed E-state index contributed by atoms with van der Waals surface area (Å²) in [4.78, 5) is 0.490. The van der Waals surface area contributed by atoms with Gasteiger partial charge in [0.15, 0.2) is 9.84 Å². The van der Waals surface area contributed by atoms with Gasteiger partial charge in [-0.2, -0.15) is 0 Å². The average molecular weight is 390 g/mol. The van der Waals surface area contributed by atoms with Crippen LogP contribution >= 0.6 is 12.2 Å². The Labute approximate surface area is 160 Å². The number of nitrogens with two attached hydrogens (primary N) is 1. The van der Waals surface area contributed by atoms with E-state index in [9.17, 15) is 8.42 Å². The molecule has 3 atom stereocenters. The lowest BCUT2D eigenvalue weighted by Crippen LogP contribution is -2.33. The third-order valence-electron chi connectivity index (χ3n) is 5.10. The van der Waals surface area contributed by atoms with E-state index in [1.54, 1.807) is 24.3 Å². The predicted molar refractivity (Wildman–Crippen MR) is 107 cm³/mol. The molecule has 0 unspecified atom stereocenters. The summed E-state index contributed by atoms with van der Waals surface area (Å²) in [5.74, 6) is -0.306. The SMILES string of the molecule is CCOC[C@@]1(C(N)=S)[C@@H](c2ccccc2)[C@@H]1S(=O)(=O)c1ccc(C)cc1. The van der Waals surface area contributed by atoms with Crippen LogP contribution in [-0.2, 0) is 14.6 Å². The molecule has 0 aromatic heterocycles. The fourth-order valence-corrected chi connectivity index (χ4v) is 6.45. The number of benzene rings is 2. The lowest BCUT2D eigenvalue weighted by Gasteiger charge is -2.17. The van der Waals surface area contributed by atoms with Gasteiger partial charge < -0.3 is 10.5 Å². The molecule has 0 bridgehead atoms. The van der Waals surface area contributed by atoms with Gasteiger partial charge in [0.25, 0.3) is 0 Å². The smallest absolute Gasteiger partial charge is 0.182 e. The van der Waals surface area contributed by atoms with E-state index in [1.165, 1.54) is 0 Å². The molecule has 0 saturated heterocycles. The first-order valence-corrected chi connectivity index (χ1v) is 10.5. The molecule has 0 spiro atoms. The van der Waals surface area contributed by atoms with Crippen LogP contribution in [0.2, 0.25) is 0 Å². The maximum Gasteiger partial charge on any atom is 0.182 e. The number of hydrogen-bond donors (Lipinski definition) is 1. The summed E-state index contributed by atoms with van der Waals surface area (Å²) in [6, 6.07) is 16.5. The summed E-state index contributed by atoms with van der Waals surface area (Å²) < 4.78 is 32.4. The van der Waals surface area contributed by atoms with E-state index in [1.807, 2.05) is 44.2 Å². The van der Waals surface area contributed by atoms with Crippen molar-refractivity contribution >= 4 is 27.0 Å². The topological polar surface area (TPSA) is 69.4 Å². The Morgan fingerprint density at radius 1 is 1.15 bits per heavy atom. The quantitative estimate of drug-likeness (QED) is 0.736. The molecule has 2 aromatic rings. The van der Waals surface area contributed by atoms with Gasteiger partial charge in [-0.3, -0.25) is 0 Å². The highest BCUT2D eigenvalue weighted by molar-refractivity contribution is 7.92. The average Bonchev–Trinajstić information content (AvgIpc) is 3.32. The van der Waals surface area contributed by atoms with Gasteiger partial charge in [-0.15, -0.1) is 0 Å². The zero-order chi connectivity index (χ0) is 18.9. The van der Waals surface area contributed by atoms with Gasteiger partial charge in [0.1, 0.15) is 0 Å². The second-order valence-electron chi connectivity index (χ2n) is 6.71. The van der Waals surface area contributed by atoms with Crippen LogP contribution in [0.5, 0.6) is 0 Å². The maximum absolute atomic E-state index is 13.4. The summed E-state index contributed by atoms with van der Waals surface area (Å²) in [5, 5.41) is -0.718.